The third kappa shape index (κ3) is 2.24. The van der Waals surface area contributed by atoms with Crippen LogP contribution in [0, 0.1) is 6.92 Å². The molecule has 0 unspecified atom stereocenters. The lowest BCUT2D eigenvalue weighted by Gasteiger charge is -2.23. The van der Waals surface area contributed by atoms with Gasteiger partial charge in [-0.15, -0.1) is 0 Å². The summed E-state index contributed by atoms with van der Waals surface area (Å²) in [5.41, 5.74) is 3.70. The molecule has 1 amide bonds. The van der Waals surface area contributed by atoms with Crippen molar-refractivity contribution in [3.8, 4) is 0 Å². The minimum absolute atomic E-state index is 0.499. The zero-order valence-electron chi connectivity index (χ0n) is 9.31. The highest BCUT2D eigenvalue weighted by atomic mass is 16.4. The molecule has 2 rings (SSSR count). The summed E-state index contributed by atoms with van der Waals surface area (Å²) >= 11 is 0. The van der Waals surface area contributed by atoms with Gasteiger partial charge in [-0.25, -0.2) is 4.79 Å². The van der Waals surface area contributed by atoms with Gasteiger partial charge in [-0.2, -0.15) is 0 Å². The molecule has 0 fully saturated rings. The van der Waals surface area contributed by atoms with Crippen LogP contribution in [0.2, 0.25) is 0 Å². The molecule has 1 aromatic rings. The number of carboxylic acid groups (broad SMARTS) is 1. The fourth-order valence-corrected chi connectivity index (χ4v) is 1.95. The molecule has 0 atom stereocenters. The van der Waals surface area contributed by atoms with E-state index < -0.39 is 6.09 Å². The first kappa shape index (κ1) is 10.7. The van der Waals surface area contributed by atoms with Crippen molar-refractivity contribution in [1.82, 2.24) is 4.90 Å². The predicted octanol–water partition coefficient (Wildman–Crippen LogP) is 2.76. The molecule has 0 saturated heterocycles. The van der Waals surface area contributed by atoms with Gasteiger partial charge in [0.2, 0.25) is 0 Å². The molecule has 16 heavy (non-hydrogen) atoms. The Kier molecular flexibility index (Phi) is 2.95. The van der Waals surface area contributed by atoms with E-state index in [1.54, 1.807) is 0 Å². The number of rotatable bonds is 1. The number of hydrogen-bond acceptors (Lipinski definition) is 1. The zero-order chi connectivity index (χ0) is 11.5. The lowest BCUT2D eigenvalue weighted by molar-refractivity contribution is 0.150. The topological polar surface area (TPSA) is 40.5 Å². The molecule has 0 aromatic heterocycles. The molecular weight excluding hydrogens is 202 g/mol. The Labute approximate surface area is 95.0 Å². The minimum Gasteiger partial charge on any atom is -0.465 e. The smallest absolute Gasteiger partial charge is 0.407 e. The summed E-state index contributed by atoms with van der Waals surface area (Å²) in [7, 11) is 0. The van der Waals surface area contributed by atoms with Crippen LogP contribution in [-0.2, 0) is 0 Å². The molecular formula is C13H15NO2. The summed E-state index contributed by atoms with van der Waals surface area (Å²) in [6, 6.07) is 8.32. The van der Waals surface area contributed by atoms with Gasteiger partial charge in [0.1, 0.15) is 0 Å². The van der Waals surface area contributed by atoms with Gasteiger partial charge in [0.05, 0.1) is 0 Å². The van der Waals surface area contributed by atoms with Crippen molar-refractivity contribution in [1.29, 1.82) is 0 Å². The SMILES string of the molecule is Cc1cccc(C2=CCN(C(=O)O)CC2)c1. The molecule has 3 nitrogen and oxygen atoms in total. The summed E-state index contributed by atoms with van der Waals surface area (Å²) in [6.45, 7) is 3.16. The lowest BCUT2D eigenvalue weighted by atomic mass is 9.98. The van der Waals surface area contributed by atoms with Crippen molar-refractivity contribution in [2.45, 2.75) is 13.3 Å². The van der Waals surface area contributed by atoms with Crippen LogP contribution in [0.15, 0.2) is 30.3 Å². The summed E-state index contributed by atoms with van der Waals surface area (Å²) in [4.78, 5) is 12.2. The number of hydrogen-bond donors (Lipinski definition) is 1. The van der Waals surface area contributed by atoms with Gasteiger partial charge in [0, 0.05) is 13.1 Å². The van der Waals surface area contributed by atoms with Gasteiger partial charge in [-0.3, -0.25) is 0 Å². The van der Waals surface area contributed by atoms with Crippen LogP contribution < -0.4 is 0 Å². The highest BCUT2D eigenvalue weighted by Crippen LogP contribution is 2.22. The Morgan fingerprint density at radius 2 is 2.25 bits per heavy atom. The quantitative estimate of drug-likeness (QED) is 0.785. The van der Waals surface area contributed by atoms with E-state index in [-0.39, 0.29) is 0 Å². The zero-order valence-corrected chi connectivity index (χ0v) is 9.31. The number of nitrogens with zero attached hydrogens (tertiary/aromatic N) is 1. The van der Waals surface area contributed by atoms with E-state index >= 15 is 0 Å². The molecule has 0 aliphatic carbocycles. The molecule has 1 N–H and O–H groups in total. The standard InChI is InChI=1S/C13H15NO2/c1-10-3-2-4-12(9-10)11-5-7-14(8-6-11)13(15)16/h2-5,9H,6-8H2,1H3,(H,15,16). The highest BCUT2D eigenvalue weighted by Gasteiger charge is 2.16. The van der Waals surface area contributed by atoms with Gasteiger partial charge in [-0.1, -0.05) is 35.9 Å². The monoisotopic (exact) mass is 217 g/mol. The molecule has 1 aromatic carbocycles. The van der Waals surface area contributed by atoms with Gasteiger partial charge in [0.15, 0.2) is 0 Å². The van der Waals surface area contributed by atoms with E-state index in [1.165, 1.54) is 21.6 Å². The first-order chi connectivity index (χ1) is 7.66. The second kappa shape index (κ2) is 4.39. The maximum absolute atomic E-state index is 10.7. The van der Waals surface area contributed by atoms with Crippen LogP contribution in [0.3, 0.4) is 0 Å². The highest BCUT2D eigenvalue weighted by molar-refractivity contribution is 5.71. The second-order valence-electron chi connectivity index (χ2n) is 4.08. The first-order valence-corrected chi connectivity index (χ1v) is 5.41. The molecule has 0 saturated carbocycles. The van der Waals surface area contributed by atoms with Crippen LogP contribution in [0.4, 0.5) is 4.79 Å². The molecule has 84 valence electrons. The van der Waals surface area contributed by atoms with Gasteiger partial charge in [0.25, 0.3) is 0 Å². The maximum atomic E-state index is 10.7. The lowest BCUT2D eigenvalue weighted by Crippen LogP contribution is -2.33. The number of carbonyl (C=O) groups is 1. The van der Waals surface area contributed by atoms with E-state index in [4.69, 9.17) is 5.11 Å². The van der Waals surface area contributed by atoms with Crippen LogP contribution in [0.5, 0.6) is 0 Å². The van der Waals surface area contributed by atoms with E-state index in [9.17, 15) is 4.79 Å². The van der Waals surface area contributed by atoms with Crippen molar-refractivity contribution in [2.24, 2.45) is 0 Å². The van der Waals surface area contributed by atoms with Gasteiger partial charge in [-0.05, 0) is 24.5 Å². The number of aryl methyl sites for hydroxylation is 1. The van der Waals surface area contributed by atoms with Gasteiger partial charge >= 0.3 is 6.09 Å². The third-order valence-electron chi connectivity index (χ3n) is 2.87. The normalized spacial score (nSPS) is 15.8. The number of benzene rings is 1. The van der Waals surface area contributed by atoms with E-state index in [2.05, 4.69) is 25.1 Å². The molecule has 1 heterocycles. The fourth-order valence-electron chi connectivity index (χ4n) is 1.95. The van der Waals surface area contributed by atoms with Crippen molar-refractivity contribution < 1.29 is 9.90 Å². The summed E-state index contributed by atoms with van der Waals surface area (Å²) in [5.74, 6) is 0. The Morgan fingerprint density at radius 1 is 1.44 bits per heavy atom. The minimum atomic E-state index is -0.834. The Hall–Kier alpha value is -1.77. The Morgan fingerprint density at radius 3 is 2.81 bits per heavy atom. The predicted molar refractivity (Wildman–Crippen MR) is 63.4 cm³/mol. The van der Waals surface area contributed by atoms with Crippen molar-refractivity contribution in [3.63, 3.8) is 0 Å². The summed E-state index contributed by atoms with van der Waals surface area (Å²) in [5, 5.41) is 8.84. The first-order valence-electron chi connectivity index (χ1n) is 5.41. The average Bonchev–Trinajstić information content (AvgIpc) is 2.29. The van der Waals surface area contributed by atoms with Crippen molar-refractivity contribution in [3.05, 3.63) is 41.5 Å². The van der Waals surface area contributed by atoms with Crippen LogP contribution in [0.25, 0.3) is 5.57 Å². The average molecular weight is 217 g/mol. The molecule has 0 bridgehead atoms. The summed E-state index contributed by atoms with van der Waals surface area (Å²) in [6.07, 6.45) is 1.97. The maximum Gasteiger partial charge on any atom is 0.407 e. The third-order valence-corrected chi connectivity index (χ3v) is 2.87. The Bertz CT molecular complexity index is 437. The van der Waals surface area contributed by atoms with E-state index in [0.717, 1.165) is 6.42 Å². The molecule has 0 spiro atoms. The fraction of sp³-hybridized carbons (Fsp3) is 0.308. The van der Waals surface area contributed by atoms with Crippen molar-refractivity contribution >= 4 is 11.7 Å². The van der Waals surface area contributed by atoms with E-state index in [1.807, 2.05) is 12.1 Å². The molecule has 1 aliphatic rings. The molecule has 1 aliphatic heterocycles. The van der Waals surface area contributed by atoms with Crippen LogP contribution in [-0.4, -0.2) is 29.2 Å². The Balaban J connectivity index is 2.16. The molecule has 3 heteroatoms. The largest absolute Gasteiger partial charge is 0.465 e. The van der Waals surface area contributed by atoms with Crippen molar-refractivity contribution in [2.75, 3.05) is 13.1 Å². The number of amides is 1. The second-order valence-corrected chi connectivity index (χ2v) is 4.08. The van der Waals surface area contributed by atoms with Crippen LogP contribution >= 0.6 is 0 Å². The van der Waals surface area contributed by atoms with Crippen LogP contribution in [0.1, 0.15) is 17.5 Å². The molecule has 0 radical (unpaired) electrons. The van der Waals surface area contributed by atoms with E-state index in [0.29, 0.717) is 13.1 Å². The summed E-state index contributed by atoms with van der Waals surface area (Å²) < 4.78 is 0. The van der Waals surface area contributed by atoms with Gasteiger partial charge < -0.3 is 10.0 Å².